The molecule has 0 aromatic heterocycles. The predicted octanol–water partition coefficient (Wildman–Crippen LogP) is 5.76. The van der Waals surface area contributed by atoms with Crippen LogP contribution in [0.5, 0.6) is 0 Å². The molecule has 0 saturated carbocycles. The second kappa shape index (κ2) is 11.2. The Bertz CT molecular complexity index is 1240. The lowest BCUT2D eigenvalue weighted by Crippen LogP contribution is -2.44. The number of alkyl carbamates (subject to hydrolysis) is 1. The van der Waals surface area contributed by atoms with Gasteiger partial charge in [0.2, 0.25) is 5.91 Å². The fraction of sp³-hybridized carbons (Fsp3) is 0.192. The third-order valence-electron chi connectivity index (χ3n) is 5.79. The molecule has 180 valence electrons. The first-order chi connectivity index (χ1) is 16.8. The third kappa shape index (κ3) is 6.02. The van der Waals surface area contributed by atoms with Gasteiger partial charge in [0, 0.05) is 20.4 Å². The molecular weight excluding hydrogens is 627 g/mol. The zero-order valence-electron chi connectivity index (χ0n) is 18.5. The highest BCUT2D eigenvalue weighted by atomic mass is 127. The zero-order chi connectivity index (χ0) is 24.9. The summed E-state index contributed by atoms with van der Waals surface area (Å²) in [4.78, 5) is 36.7. The molecule has 0 spiro atoms. The van der Waals surface area contributed by atoms with Crippen molar-refractivity contribution >= 4 is 62.2 Å². The molecule has 0 saturated heterocycles. The molecule has 0 aliphatic heterocycles. The summed E-state index contributed by atoms with van der Waals surface area (Å²) in [5.74, 6) is -1.71. The van der Waals surface area contributed by atoms with E-state index in [0.29, 0.717) is 10.2 Å². The highest BCUT2D eigenvalue weighted by Gasteiger charge is 2.30. The number of ether oxygens (including phenoxy) is 1. The summed E-state index contributed by atoms with van der Waals surface area (Å²) in [7, 11) is 0. The minimum atomic E-state index is -1.08. The molecule has 0 heterocycles. The third-order valence-corrected chi connectivity index (χ3v) is 7.12. The van der Waals surface area contributed by atoms with E-state index >= 15 is 0 Å². The molecule has 0 fully saturated rings. The van der Waals surface area contributed by atoms with E-state index in [1.807, 2.05) is 60.7 Å². The number of rotatable bonds is 8. The van der Waals surface area contributed by atoms with Crippen molar-refractivity contribution in [3.05, 3.63) is 85.9 Å². The first-order valence-corrected chi connectivity index (χ1v) is 12.8. The molecule has 4 rings (SSSR count). The number of hydrogen-bond donors (Lipinski definition) is 3. The number of nitrogens with one attached hydrogen (secondary N) is 2. The molecular formula is C26H22BrIN2O5. The number of aliphatic carboxylic acids is 1. The van der Waals surface area contributed by atoms with Gasteiger partial charge in [-0.2, -0.15) is 0 Å². The van der Waals surface area contributed by atoms with Crippen molar-refractivity contribution in [3.63, 3.8) is 0 Å². The highest BCUT2D eigenvalue weighted by molar-refractivity contribution is 14.1. The van der Waals surface area contributed by atoms with Crippen molar-refractivity contribution in [1.29, 1.82) is 0 Å². The van der Waals surface area contributed by atoms with Gasteiger partial charge in [0.15, 0.2) is 0 Å². The summed E-state index contributed by atoms with van der Waals surface area (Å²) in [5, 5.41) is 14.4. The van der Waals surface area contributed by atoms with Gasteiger partial charge in [0.25, 0.3) is 0 Å². The Morgan fingerprint density at radius 2 is 1.63 bits per heavy atom. The molecule has 3 N–H and O–H groups in total. The largest absolute Gasteiger partial charge is 0.481 e. The van der Waals surface area contributed by atoms with Gasteiger partial charge >= 0.3 is 12.1 Å². The summed E-state index contributed by atoms with van der Waals surface area (Å²) in [6.07, 6.45) is -1.14. The maximum atomic E-state index is 12.9. The fourth-order valence-electron chi connectivity index (χ4n) is 4.13. The van der Waals surface area contributed by atoms with Crippen molar-refractivity contribution in [2.45, 2.75) is 24.8 Å². The monoisotopic (exact) mass is 648 g/mol. The molecule has 35 heavy (non-hydrogen) atoms. The van der Waals surface area contributed by atoms with Crippen molar-refractivity contribution in [3.8, 4) is 11.1 Å². The number of fused-ring (bicyclic) bond motifs is 3. The zero-order valence-corrected chi connectivity index (χ0v) is 22.2. The van der Waals surface area contributed by atoms with Crippen LogP contribution in [0.2, 0.25) is 0 Å². The van der Waals surface area contributed by atoms with E-state index in [0.717, 1.165) is 25.8 Å². The van der Waals surface area contributed by atoms with Gasteiger partial charge in [0.1, 0.15) is 12.6 Å². The van der Waals surface area contributed by atoms with Gasteiger partial charge in [-0.25, -0.2) is 4.79 Å². The minimum absolute atomic E-state index is 0.0760. The van der Waals surface area contributed by atoms with Crippen molar-refractivity contribution in [2.75, 3.05) is 11.9 Å². The Balaban J connectivity index is 1.43. The molecule has 2 amide bonds. The standard InChI is InChI=1S/C26H22BrIN2O5/c27-21-13-15(28)9-10-22(21)29-25(33)23(11-12-24(31)32)30-26(34)35-14-20-18-7-3-1-5-16(18)17-6-2-4-8-19(17)20/h1-10,13,20,23H,11-12,14H2,(H,29,33)(H,30,34)(H,31,32). The first kappa shape index (κ1) is 25.2. The maximum Gasteiger partial charge on any atom is 0.407 e. The molecule has 1 aliphatic rings. The normalized spacial score (nSPS) is 12.9. The highest BCUT2D eigenvalue weighted by Crippen LogP contribution is 2.44. The van der Waals surface area contributed by atoms with E-state index in [9.17, 15) is 14.4 Å². The maximum absolute atomic E-state index is 12.9. The van der Waals surface area contributed by atoms with Crippen LogP contribution in [0.1, 0.15) is 29.9 Å². The minimum Gasteiger partial charge on any atom is -0.481 e. The number of amides is 2. The molecule has 9 heteroatoms. The van der Waals surface area contributed by atoms with Crippen molar-refractivity contribution in [1.82, 2.24) is 5.32 Å². The van der Waals surface area contributed by atoms with E-state index in [-0.39, 0.29) is 25.4 Å². The van der Waals surface area contributed by atoms with Crippen LogP contribution in [0.25, 0.3) is 11.1 Å². The smallest absolute Gasteiger partial charge is 0.407 e. The van der Waals surface area contributed by atoms with Crippen LogP contribution in [0.3, 0.4) is 0 Å². The van der Waals surface area contributed by atoms with Gasteiger partial charge < -0.3 is 20.5 Å². The van der Waals surface area contributed by atoms with Crippen LogP contribution in [-0.4, -0.2) is 35.7 Å². The van der Waals surface area contributed by atoms with Crippen LogP contribution < -0.4 is 10.6 Å². The summed E-state index contributed by atoms with van der Waals surface area (Å²) in [5.41, 5.74) is 4.89. The summed E-state index contributed by atoms with van der Waals surface area (Å²) in [6, 6.07) is 20.3. The Morgan fingerprint density at radius 1 is 1.00 bits per heavy atom. The van der Waals surface area contributed by atoms with Crippen molar-refractivity contribution < 1.29 is 24.2 Å². The molecule has 3 aromatic rings. The summed E-state index contributed by atoms with van der Waals surface area (Å²) < 4.78 is 7.18. The van der Waals surface area contributed by atoms with Gasteiger partial charge in [-0.1, -0.05) is 48.5 Å². The van der Waals surface area contributed by atoms with E-state index in [1.165, 1.54) is 0 Å². The molecule has 1 aliphatic carbocycles. The first-order valence-electron chi connectivity index (χ1n) is 10.9. The van der Waals surface area contributed by atoms with Crippen LogP contribution in [0.15, 0.2) is 71.2 Å². The van der Waals surface area contributed by atoms with Gasteiger partial charge in [-0.05, 0) is 85.4 Å². The molecule has 1 atom stereocenters. The number of benzene rings is 3. The average molecular weight is 649 g/mol. The molecule has 0 radical (unpaired) electrons. The SMILES string of the molecule is O=C(O)CCC(NC(=O)OCC1c2ccccc2-c2ccccc21)C(=O)Nc1ccc(I)cc1Br. The van der Waals surface area contributed by atoms with Crippen LogP contribution in [0.4, 0.5) is 10.5 Å². The summed E-state index contributed by atoms with van der Waals surface area (Å²) in [6.45, 7) is 0.0931. The average Bonchev–Trinajstić information content (AvgIpc) is 3.15. The number of anilines is 1. The van der Waals surface area contributed by atoms with Gasteiger partial charge in [-0.3, -0.25) is 9.59 Å². The van der Waals surface area contributed by atoms with Gasteiger partial charge in [0.05, 0.1) is 5.69 Å². The van der Waals surface area contributed by atoms with Crippen LogP contribution in [-0.2, 0) is 14.3 Å². The van der Waals surface area contributed by atoms with E-state index in [1.54, 1.807) is 6.07 Å². The number of halogens is 2. The number of carbonyl (C=O) groups is 3. The predicted molar refractivity (Wildman–Crippen MR) is 144 cm³/mol. The number of carboxylic acids is 1. The van der Waals surface area contributed by atoms with E-state index in [2.05, 4.69) is 49.2 Å². The van der Waals surface area contributed by atoms with E-state index in [4.69, 9.17) is 9.84 Å². The molecule has 0 bridgehead atoms. The second-order valence-corrected chi connectivity index (χ2v) is 10.2. The number of hydrogen-bond acceptors (Lipinski definition) is 4. The Kier molecular flexibility index (Phi) is 8.07. The Morgan fingerprint density at radius 3 is 2.23 bits per heavy atom. The number of carbonyl (C=O) groups excluding carboxylic acids is 2. The topological polar surface area (TPSA) is 105 Å². The molecule has 3 aromatic carbocycles. The fourth-order valence-corrected chi connectivity index (χ4v) is 5.53. The Labute approximate surface area is 224 Å². The summed E-state index contributed by atoms with van der Waals surface area (Å²) >= 11 is 5.55. The molecule has 1 unspecified atom stereocenters. The lowest BCUT2D eigenvalue weighted by Gasteiger charge is -2.20. The quantitative estimate of drug-likeness (QED) is 0.269. The second-order valence-electron chi connectivity index (χ2n) is 8.07. The van der Waals surface area contributed by atoms with Crippen LogP contribution in [0, 0.1) is 3.57 Å². The van der Waals surface area contributed by atoms with E-state index < -0.39 is 24.0 Å². The molecule has 7 nitrogen and oxygen atoms in total. The number of carboxylic acid groups (broad SMARTS) is 1. The van der Waals surface area contributed by atoms with Crippen LogP contribution >= 0.6 is 38.5 Å². The van der Waals surface area contributed by atoms with Crippen molar-refractivity contribution in [2.24, 2.45) is 0 Å². The lowest BCUT2D eigenvalue weighted by molar-refractivity contribution is -0.137. The lowest BCUT2D eigenvalue weighted by atomic mass is 9.98. The Hall–Kier alpha value is -2.92. The van der Waals surface area contributed by atoms with Gasteiger partial charge in [-0.15, -0.1) is 0 Å².